The maximum atomic E-state index is 11.4. The minimum absolute atomic E-state index is 0.268. The molecule has 18 heavy (non-hydrogen) atoms. The van der Waals surface area contributed by atoms with E-state index in [1.54, 1.807) is 25.3 Å². The largest absolute Gasteiger partial charge is 0.461 e. The molecule has 2 rings (SSSR count). The van der Waals surface area contributed by atoms with Gasteiger partial charge in [0.05, 0.1) is 17.3 Å². The zero-order valence-corrected chi connectivity index (χ0v) is 10.8. The Labute approximate surface area is 109 Å². The lowest BCUT2D eigenvalue weighted by Crippen LogP contribution is -2.06. The molecule has 0 aliphatic rings. The van der Waals surface area contributed by atoms with Crippen LogP contribution in [0.25, 0.3) is 11.3 Å². The van der Waals surface area contributed by atoms with Gasteiger partial charge in [-0.15, -0.1) is 0 Å². The van der Waals surface area contributed by atoms with E-state index in [9.17, 15) is 4.79 Å². The molecule has 0 saturated carbocycles. The highest BCUT2D eigenvalue weighted by atomic mass is 35.5. The van der Waals surface area contributed by atoms with Crippen molar-refractivity contribution in [1.29, 1.82) is 0 Å². The number of aryl methyl sites for hydroxylation is 1. The Morgan fingerprint density at radius 1 is 1.50 bits per heavy atom. The normalized spacial score (nSPS) is 10.4. The number of carbonyl (C=O) groups excluding carboxylic acids is 1. The van der Waals surface area contributed by atoms with E-state index in [0.29, 0.717) is 17.3 Å². The summed E-state index contributed by atoms with van der Waals surface area (Å²) in [6, 6.07) is 3.33. The van der Waals surface area contributed by atoms with E-state index in [1.807, 2.05) is 6.92 Å². The van der Waals surface area contributed by atoms with E-state index in [1.165, 1.54) is 0 Å². The Morgan fingerprint density at radius 2 is 2.28 bits per heavy atom. The fraction of sp³-hybridized carbons (Fsp3) is 0.250. The van der Waals surface area contributed by atoms with Crippen molar-refractivity contribution in [3.05, 3.63) is 34.7 Å². The summed E-state index contributed by atoms with van der Waals surface area (Å²) < 4.78 is 4.85. The maximum absolute atomic E-state index is 11.4. The van der Waals surface area contributed by atoms with Gasteiger partial charge in [0.25, 0.3) is 0 Å². The molecule has 0 radical (unpaired) electrons. The van der Waals surface area contributed by atoms with Crippen molar-refractivity contribution >= 4 is 17.6 Å². The minimum Gasteiger partial charge on any atom is -0.461 e. The van der Waals surface area contributed by atoms with E-state index in [2.05, 4.69) is 15.2 Å². The number of aromatic nitrogens is 3. The summed E-state index contributed by atoms with van der Waals surface area (Å²) in [6.45, 7) is 3.91. The first-order valence-electron chi connectivity index (χ1n) is 5.47. The summed E-state index contributed by atoms with van der Waals surface area (Å²) in [4.78, 5) is 15.5. The molecule has 2 aromatic heterocycles. The van der Waals surface area contributed by atoms with Gasteiger partial charge in [0, 0.05) is 11.8 Å². The number of halogens is 1. The molecular weight excluding hydrogens is 254 g/mol. The summed E-state index contributed by atoms with van der Waals surface area (Å²) in [7, 11) is 0. The van der Waals surface area contributed by atoms with Gasteiger partial charge in [0.2, 0.25) is 0 Å². The molecule has 0 atom stereocenters. The third-order valence-electron chi connectivity index (χ3n) is 2.39. The standard InChI is InChI=1S/C12H12ClN3O2/c1-3-18-12(17)9-5-4-8(6-14-9)11-10(13)7(2)15-16-11/h4-6H,3H2,1-2H3,(H,15,16). The van der Waals surface area contributed by atoms with Gasteiger partial charge < -0.3 is 4.74 Å². The summed E-state index contributed by atoms with van der Waals surface area (Å²) >= 11 is 6.08. The molecule has 2 aromatic rings. The van der Waals surface area contributed by atoms with E-state index >= 15 is 0 Å². The number of pyridine rings is 1. The first-order valence-corrected chi connectivity index (χ1v) is 5.85. The Kier molecular flexibility index (Phi) is 3.62. The van der Waals surface area contributed by atoms with E-state index in [-0.39, 0.29) is 5.69 Å². The van der Waals surface area contributed by atoms with Crippen molar-refractivity contribution in [1.82, 2.24) is 15.2 Å². The van der Waals surface area contributed by atoms with Crippen LogP contribution in [0.2, 0.25) is 5.02 Å². The van der Waals surface area contributed by atoms with Crippen LogP contribution < -0.4 is 0 Å². The summed E-state index contributed by atoms with van der Waals surface area (Å²) in [5.74, 6) is -0.437. The molecule has 6 heteroatoms. The predicted octanol–water partition coefficient (Wildman–Crippen LogP) is 2.61. The topological polar surface area (TPSA) is 67.9 Å². The fourth-order valence-electron chi connectivity index (χ4n) is 1.47. The molecule has 0 aromatic carbocycles. The lowest BCUT2D eigenvalue weighted by molar-refractivity contribution is 0.0519. The quantitative estimate of drug-likeness (QED) is 0.866. The molecule has 0 saturated heterocycles. The van der Waals surface area contributed by atoms with Crippen LogP contribution in [0.4, 0.5) is 0 Å². The van der Waals surface area contributed by atoms with Crippen molar-refractivity contribution in [2.75, 3.05) is 6.61 Å². The minimum atomic E-state index is -0.437. The second-order valence-corrected chi connectivity index (χ2v) is 4.04. The van der Waals surface area contributed by atoms with E-state index in [0.717, 1.165) is 11.3 Å². The lowest BCUT2D eigenvalue weighted by atomic mass is 10.2. The average Bonchev–Trinajstić information content (AvgIpc) is 2.71. The zero-order chi connectivity index (χ0) is 13.1. The number of aromatic amines is 1. The highest BCUT2D eigenvalue weighted by molar-refractivity contribution is 6.33. The number of carbonyl (C=O) groups is 1. The van der Waals surface area contributed by atoms with Crippen LogP contribution in [0.5, 0.6) is 0 Å². The van der Waals surface area contributed by atoms with Gasteiger partial charge in [-0.3, -0.25) is 5.10 Å². The Bertz CT molecular complexity index is 563. The second kappa shape index (κ2) is 5.18. The Hall–Kier alpha value is -1.88. The predicted molar refractivity (Wildman–Crippen MR) is 67.5 cm³/mol. The number of hydrogen-bond donors (Lipinski definition) is 1. The summed E-state index contributed by atoms with van der Waals surface area (Å²) in [5.41, 5.74) is 2.43. The van der Waals surface area contributed by atoms with Crippen molar-refractivity contribution in [3.8, 4) is 11.3 Å². The van der Waals surface area contributed by atoms with Gasteiger partial charge in [-0.1, -0.05) is 11.6 Å². The lowest BCUT2D eigenvalue weighted by Gasteiger charge is -2.02. The molecule has 94 valence electrons. The van der Waals surface area contributed by atoms with Crippen molar-refractivity contribution in [2.24, 2.45) is 0 Å². The molecule has 5 nitrogen and oxygen atoms in total. The molecule has 0 spiro atoms. The summed E-state index contributed by atoms with van der Waals surface area (Å²) in [5, 5.41) is 7.43. The molecule has 0 aliphatic carbocycles. The van der Waals surface area contributed by atoms with Crippen LogP contribution in [0.15, 0.2) is 18.3 Å². The van der Waals surface area contributed by atoms with Crippen LogP contribution in [0.1, 0.15) is 23.1 Å². The van der Waals surface area contributed by atoms with Crippen LogP contribution >= 0.6 is 11.6 Å². The molecular formula is C12H12ClN3O2. The first-order chi connectivity index (χ1) is 8.63. The smallest absolute Gasteiger partial charge is 0.356 e. The third kappa shape index (κ3) is 2.36. The zero-order valence-electron chi connectivity index (χ0n) is 10.0. The summed E-state index contributed by atoms with van der Waals surface area (Å²) in [6.07, 6.45) is 1.55. The fourth-order valence-corrected chi connectivity index (χ4v) is 1.66. The molecule has 0 bridgehead atoms. The Morgan fingerprint density at radius 3 is 2.78 bits per heavy atom. The van der Waals surface area contributed by atoms with Gasteiger partial charge in [-0.25, -0.2) is 9.78 Å². The number of nitrogens with zero attached hydrogens (tertiary/aromatic N) is 2. The van der Waals surface area contributed by atoms with E-state index in [4.69, 9.17) is 16.3 Å². The molecule has 0 unspecified atom stereocenters. The number of rotatable bonds is 3. The number of hydrogen-bond acceptors (Lipinski definition) is 4. The monoisotopic (exact) mass is 265 g/mol. The highest BCUT2D eigenvalue weighted by Crippen LogP contribution is 2.27. The van der Waals surface area contributed by atoms with Crippen LogP contribution in [0.3, 0.4) is 0 Å². The average molecular weight is 266 g/mol. The van der Waals surface area contributed by atoms with Crippen LogP contribution in [-0.4, -0.2) is 27.8 Å². The Balaban J connectivity index is 2.28. The van der Waals surface area contributed by atoms with Gasteiger partial charge in [-0.05, 0) is 26.0 Å². The number of H-pyrrole nitrogens is 1. The van der Waals surface area contributed by atoms with Crippen molar-refractivity contribution in [3.63, 3.8) is 0 Å². The molecule has 2 heterocycles. The highest BCUT2D eigenvalue weighted by Gasteiger charge is 2.12. The number of esters is 1. The number of ether oxygens (including phenoxy) is 1. The van der Waals surface area contributed by atoms with Crippen molar-refractivity contribution in [2.45, 2.75) is 13.8 Å². The van der Waals surface area contributed by atoms with Gasteiger partial charge in [0.15, 0.2) is 0 Å². The van der Waals surface area contributed by atoms with Gasteiger partial charge in [0.1, 0.15) is 11.4 Å². The second-order valence-electron chi connectivity index (χ2n) is 3.66. The molecule has 0 aliphatic heterocycles. The van der Waals surface area contributed by atoms with Gasteiger partial charge >= 0.3 is 5.97 Å². The first kappa shape index (κ1) is 12.6. The SMILES string of the molecule is CCOC(=O)c1ccc(-c2n[nH]c(C)c2Cl)cn1. The van der Waals surface area contributed by atoms with Crippen LogP contribution in [-0.2, 0) is 4.74 Å². The molecule has 1 N–H and O–H groups in total. The van der Waals surface area contributed by atoms with Gasteiger partial charge in [-0.2, -0.15) is 5.10 Å². The van der Waals surface area contributed by atoms with Crippen LogP contribution in [0, 0.1) is 6.92 Å². The maximum Gasteiger partial charge on any atom is 0.356 e. The van der Waals surface area contributed by atoms with E-state index < -0.39 is 5.97 Å². The molecule has 0 amide bonds. The van der Waals surface area contributed by atoms with Crippen molar-refractivity contribution < 1.29 is 9.53 Å². The third-order valence-corrected chi connectivity index (χ3v) is 2.86. The number of nitrogens with one attached hydrogen (secondary N) is 1. The molecule has 0 fully saturated rings.